The van der Waals surface area contributed by atoms with Crippen LogP contribution in [0.25, 0.3) is 10.2 Å². The van der Waals surface area contributed by atoms with Crippen LogP contribution < -0.4 is 10.6 Å². The number of benzene rings is 1. The average molecular weight is 399 g/mol. The van der Waals surface area contributed by atoms with Gasteiger partial charge in [0.2, 0.25) is 0 Å². The highest BCUT2D eigenvalue weighted by molar-refractivity contribution is 7.21. The average Bonchev–Trinajstić information content (AvgIpc) is 3.04. The van der Waals surface area contributed by atoms with Gasteiger partial charge in [-0.1, -0.05) is 25.5 Å². The van der Waals surface area contributed by atoms with Gasteiger partial charge in [-0.05, 0) is 30.7 Å². The molecule has 28 heavy (non-hydrogen) atoms. The highest BCUT2D eigenvalue weighted by atomic mass is 32.1. The van der Waals surface area contributed by atoms with Crippen LogP contribution in [0.4, 0.5) is 15.8 Å². The van der Waals surface area contributed by atoms with Crippen LogP contribution >= 0.6 is 11.3 Å². The molecular formula is C21H23FN4OS. The van der Waals surface area contributed by atoms with E-state index in [1.165, 1.54) is 17.4 Å². The normalized spacial score (nSPS) is 14.6. The summed E-state index contributed by atoms with van der Waals surface area (Å²) in [5.41, 5.74) is 8.39. The number of amides is 1. The number of nitrogen functional groups attached to an aromatic ring is 1. The topological polar surface area (TPSA) is 62.5 Å². The van der Waals surface area contributed by atoms with Gasteiger partial charge in [-0.3, -0.25) is 4.79 Å². The predicted octanol–water partition coefficient (Wildman–Crippen LogP) is 3.93. The lowest BCUT2D eigenvalue weighted by Gasteiger charge is -2.36. The predicted molar refractivity (Wildman–Crippen MR) is 113 cm³/mol. The lowest BCUT2D eigenvalue weighted by molar-refractivity contribution is 0.0752. The third-order valence-electron chi connectivity index (χ3n) is 5.11. The second-order valence-electron chi connectivity index (χ2n) is 6.98. The van der Waals surface area contributed by atoms with Gasteiger partial charge in [0.1, 0.15) is 15.5 Å². The van der Waals surface area contributed by atoms with Crippen molar-refractivity contribution < 1.29 is 9.18 Å². The molecule has 1 aromatic carbocycles. The summed E-state index contributed by atoms with van der Waals surface area (Å²) in [6, 6.07) is 10.7. The number of aryl methyl sites for hydroxylation is 1. The summed E-state index contributed by atoms with van der Waals surface area (Å²) >= 11 is 1.36. The van der Waals surface area contributed by atoms with E-state index in [2.05, 4.69) is 11.9 Å². The molecule has 1 aliphatic rings. The molecule has 0 bridgehead atoms. The molecule has 0 saturated carbocycles. The molecule has 2 N–H and O–H groups in total. The van der Waals surface area contributed by atoms with E-state index in [1.807, 2.05) is 23.1 Å². The Labute approximate surface area is 167 Å². The van der Waals surface area contributed by atoms with Crippen molar-refractivity contribution in [2.75, 3.05) is 36.8 Å². The fraction of sp³-hybridized carbons (Fsp3) is 0.333. The van der Waals surface area contributed by atoms with Crippen molar-refractivity contribution in [3.63, 3.8) is 0 Å². The van der Waals surface area contributed by atoms with Gasteiger partial charge in [0.15, 0.2) is 0 Å². The molecule has 5 nitrogen and oxygen atoms in total. The molecule has 0 aliphatic carbocycles. The number of pyridine rings is 1. The Bertz CT molecular complexity index is 1010. The van der Waals surface area contributed by atoms with Crippen LogP contribution in [-0.2, 0) is 6.42 Å². The number of nitrogens with two attached hydrogens (primary N) is 1. The van der Waals surface area contributed by atoms with Crippen LogP contribution in [0, 0.1) is 5.82 Å². The summed E-state index contributed by atoms with van der Waals surface area (Å²) < 4.78 is 14.0. The summed E-state index contributed by atoms with van der Waals surface area (Å²) in [6.07, 6.45) is 1.94. The van der Waals surface area contributed by atoms with Crippen LogP contribution in [0.2, 0.25) is 0 Å². The zero-order valence-corrected chi connectivity index (χ0v) is 16.6. The zero-order chi connectivity index (χ0) is 19.7. The van der Waals surface area contributed by atoms with Gasteiger partial charge in [-0.2, -0.15) is 0 Å². The zero-order valence-electron chi connectivity index (χ0n) is 15.8. The Morgan fingerprint density at radius 3 is 2.64 bits per heavy atom. The van der Waals surface area contributed by atoms with Gasteiger partial charge in [0, 0.05) is 37.3 Å². The molecule has 0 atom stereocenters. The molecule has 0 radical (unpaired) electrons. The Hall–Kier alpha value is -2.67. The molecule has 7 heteroatoms. The van der Waals surface area contributed by atoms with Crippen molar-refractivity contribution in [2.24, 2.45) is 0 Å². The van der Waals surface area contributed by atoms with Crippen molar-refractivity contribution >= 4 is 38.8 Å². The first kappa shape index (κ1) is 18.7. The fourth-order valence-electron chi connectivity index (χ4n) is 3.59. The minimum absolute atomic E-state index is 0.0641. The number of rotatable bonds is 4. The van der Waals surface area contributed by atoms with Crippen LogP contribution in [0.15, 0.2) is 36.4 Å². The molecule has 1 fully saturated rings. The van der Waals surface area contributed by atoms with Crippen molar-refractivity contribution in [1.29, 1.82) is 0 Å². The van der Waals surface area contributed by atoms with Crippen molar-refractivity contribution in [1.82, 2.24) is 9.88 Å². The van der Waals surface area contributed by atoms with Crippen molar-refractivity contribution in [3.8, 4) is 0 Å². The second kappa shape index (κ2) is 7.75. The van der Waals surface area contributed by atoms with E-state index < -0.39 is 0 Å². The van der Waals surface area contributed by atoms with E-state index in [4.69, 9.17) is 5.73 Å². The van der Waals surface area contributed by atoms with Gasteiger partial charge < -0.3 is 15.5 Å². The van der Waals surface area contributed by atoms with Crippen LogP contribution in [0.5, 0.6) is 0 Å². The van der Waals surface area contributed by atoms with Crippen molar-refractivity contribution in [3.05, 3.63) is 52.8 Å². The first-order valence-corrected chi connectivity index (χ1v) is 10.4. The Kier molecular flexibility index (Phi) is 5.17. The molecule has 1 aliphatic heterocycles. The molecule has 1 saturated heterocycles. The van der Waals surface area contributed by atoms with Gasteiger partial charge in [0.05, 0.1) is 11.4 Å². The number of carbonyl (C=O) groups excluding carboxylic acids is 1. The summed E-state index contributed by atoms with van der Waals surface area (Å²) in [7, 11) is 0. The van der Waals surface area contributed by atoms with Crippen molar-refractivity contribution in [2.45, 2.75) is 19.8 Å². The van der Waals surface area contributed by atoms with E-state index >= 15 is 0 Å². The largest absolute Gasteiger partial charge is 0.397 e. The molecule has 1 amide bonds. The van der Waals surface area contributed by atoms with Crippen LogP contribution in [0.1, 0.15) is 28.7 Å². The monoisotopic (exact) mass is 398 g/mol. The van der Waals surface area contributed by atoms with E-state index in [0.29, 0.717) is 42.4 Å². The number of para-hydroxylation sites is 1. The number of hydrogen-bond donors (Lipinski definition) is 1. The van der Waals surface area contributed by atoms with Gasteiger partial charge in [-0.15, -0.1) is 11.3 Å². The Morgan fingerprint density at radius 2 is 1.93 bits per heavy atom. The van der Waals surface area contributed by atoms with E-state index in [1.54, 1.807) is 17.0 Å². The van der Waals surface area contributed by atoms with Gasteiger partial charge >= 0.3 is 0 Å². The number of piperazine rings is 1. The summed E-state index contributed by atoms with van der Waals surface area (Å²) in [5.74, 6) is -0.296. The number of aromatic nitrogens is 1. The minimum atomic E-state index is -0.231. The molecule has 4 rings (SSSR count). The third-order valence-corrected chi connectivity index (χ3v) is 6.22. The molecule has 3 aromatic rings. The molecular weight excluding hydrogens is 375 g/mol. The maximum Gasteiger partial charge on any atom is 0.266 e. The smallest absolute Gasteiger partial charge is 0.266 e. The number of carbonyl (C=O) groups is 1. The Morgan fingerprint density at radius 1 is 1.18 bits per heavy atom. The molecule has 3 heterocycles. The highest BCUT2D eigenvalue weighted by Crippen LogP contribution is 2.34. The maximum atomic E-state index is 14.0. The van der Waals surface area contributed by atoms with E-state index in [0.717, 1.165) is 28.8 Å². The molecule has 0 spiro atoms. The number of nitrogens with zero attached hydrogens (tertiary/aromatic N) is 3. The Balaban J connectivity index is 1.51. The summed E-state index contributed by atoms with van der Waals surface area (Å²) in [4.78, 5) is 22.8. The second-order valence-corrected chi connectivity index (χ2v) is 7.98. The number of fused-ring (bicyclic) bond motifs is 1. The molecule has 146 valence electrons. The fourth-order valence-corrected chi connectivity index (χ4v) is 4.67. The standard InChI is InChI=1S/C21H23FN4OS/c1-2-5-14-8-9-15-18(23)19(28-20(15)24-14)21(27)26-12-10-25(11-13-26)17-7-4-3-6-16(17)22/h3-4,6-9H,2,5,10-13,23H2,1H3. The highest BCUT2D eigenvalue weighted by Gasteiger charge is 2.27. The minimum Gasteiger partial charge on any atom is -0.397 e. The SMILES string of the molecule is CCCc1ccc2c(N)c(C(=O)N3CCN(c4ccccc4F)CC3)sc2n1. The third kappa shape index (κ3) is 3.42. The van der Waals surface area contributed by atoms with E-state index in [9.17, 15) is 9.18 Å². The van der Waals surface area contributed by atoms with Crippen LogP contribution in [-0.4, -0.2) is 42.0 Å². The molecule has 2 aromatic heterocycles. The summed E-state index contributed by atoms with van der Waals surface area (Å²) in [5, 5.41) is 0.846. The first-order valence-electron chi connectivity index (χ1n) is 9.55. The van der Waals surface area contributed by atoms with Gasteiger partial charge in [-0.25, -0.2) is 9.37 Å². The lowest BCUT2D eigenvalue weighted by Crippen LogP contribution is -2.49. The van der Waals surface area contributed by atoms with Crippen LogP contribution in [0.3, 0.4) is 0 Å². The maximum absolute atomic E-state index is 14.0. The van der Waals surface area contributed by atoms with Gasteiger partial charge in [0.25, 0.3) is 5.91 Å². The first-order chi connectivity index (χ1) is 13.6. The number of thiophene rings is 1. The summed E-state index contributed by atoms with van der Waals surface area (Å²) in [6.45, 7) is 4.38. The quantitative estimate of drug-likeness (QED) is 0.723. The number of halogens is 1. The van der Waals surface area contributed by atoms with E-state index in [-0.39, 0.29) is 11.7 Å². The number of hydrogen-bond acceptors (Lipinski definition) is 5. The number of anilines is 2. The molecule has 0 unspecified atom stereocenters. The lowest BCUT2D eigenvalue weighted by atomic mass is 10.2.